The first kappa shape index (κ1) is 13.8. The Balaban J connectivity index is 2.34. The summed E-state index contributed by atoms with van der Waals surface area (Å²) in [6, 6.07) is 8.08. The van der Waals surface area contributed by atoms with E-state index in [1.54, 1.807) is 0 Å². The predicted octanol–water partition coefficient (Wildman–Crippen LogP) is 2.61. The maximum Gasteiger partial charge on any atom is 0.160 e. The second kappa shape index (κ2) is 5.33. The summed E-state index contributed by atoms with van der Waals surface area (Å²) in [6.07, 6.45) is 0.855. The van der Waals surface area contributed by atoms with Crippen molar-refractivity contribution in [1.29, 1.82) is 0 Å². The predicted molar refractivity (Wildman–Crippen MR) is 85.5 cm³/mol. The van der Waals surface area contributed by atoms with Crippen molar-refractivity contribution < 1.29 is 5.11 Å². The lowest BCUT2D eigenvalue weighted by Gasteiger charge is -2.18. The zero-order valence-electron chi connectivity index (χ0n) is 12.6. The zero-order valence-corrected chi connectivity index (χ0v) is 12.6. The van der Waals surface area contributed by atoms with Crippen LogP contribution in [0.3, 0.4) is 0 Å². The smallest absolute Gasteiger partial charge is 0.160 e. The lowest BCUT2D eigenvalue weighted by molar-refractivity contribution is 0.272. The first-order valence-electron chi connectivity index (χ1n) is 7.25. The molecule has 0 aliphatic rings. The van der Waals surface area contributed by atoms with Crippen molar-refractivity contribution in [2.24, 2.45) is 7.05 Å². The molecular formula is C16H20N4O. The minimum atomic E-state index is 0.0265. The second-order valence-electron chi connectivity index (χ2n) is 5.34. The Morgan fingerprint density at radius 2 is 2.10 bits per heavy atom. The van der Waals surface area contributed by atoms with Crippen molar-refractivity contribution in [2.45, 2.75) is 26.3 Å². The fraction of sp³-hybridized carbons (Fsp3) is 0.375. The average Bonchev–Trinajstić information content (AvgIpc) is 2.78. The molecule has 2 heterocycles. The largest absolute Gasteiger partial charge is 0.394 e. The number of pyridine rings is 1. The summed E-state index contributed by atoms with van der Waals surface area (Å²) in [5.41, 5.74) is 3.76. The van der Waals surface area contributed by atoms with E-state index in [1.807, 2.05) is 36.9 Å². The molecule has 21 heavy (non-hydrogen) atoms. The van der Waals surface area contributed by atoms with E-state index in [-0.39, 0.29) is 12.6 Å². The lowest BCUT2D eigenvalue weighted by Crippen LogP contribution is -2.23. The number of para-hydroxylation sites is 1. The van der Waals surface area contributed by atoms with Gasteiger partial charge < -0.3 is 10.4 Å². The molecule has 0 amide bonds. The number of hydrogen-bond donors (Lipinski definition) is 2. The van der Waals surface area contributed by atoms with Gasteiger partial charge in [0.1, 0.15) is 0 Å². The number of anilines is 1. The molecule has 1 aromatic carbocycles. The molecule has 5 heteroatoms. The van der Waals surface area contributed by atoms with Crippen LogP contribution in [0, 0.1) is 6.92 Å². The Morgan fingerprint density at radius 3 is 2.81 bits per heavy atom. The zero-order chi connectivity index (χ0) is 15.0. The minimum absolute atomic E-state index is 0.0265. The van der Waals surface area contributed by atoms with Crippen molar-refractivity contribution in [1.82, 2.24) is 14.8 Å². The number of nitrogens with one attached hydrogen (secondary N) is 1. The summed E-state index contributed by atoms with van der Waals surface area (Å²) in [4.78, 5) is 4.72. The minimum Gasteiger partial charge on any atom is -0.394 e. The van der Waals surface area contributed by atoms with Gasteiger partial charge in [0.2, 0.25) is 0 Å². The molecular weight excluding hydrogens is 264 g/mol. The molecule has 0 saturated heterocycles. The number of benzene rings is 1. The second-order valence-corrected chi connectivity index (χ2v) is 5.34. The standard InChI is InChI=1S/C16H20N4O/c1-4-11(9-21)17-15-12-7-5-6-8-13(12)18-16-14(15)10(2)19-20(16)3/h5-8,11,21H,4,9H2,1-3H3,(H,17,18). The van der Waals surface area contributed by atoms with Gasteiger partial charge in [-0.1, -0.05) is 25.1 Å². The van der Waals surface area contributed by atoms with Crippen LogP contribution in [0.2, 0.25) is 0 Å². The van der Waals surface area contributed by atoms with Gasteiger partial charge in [-0.25, -0.2) is 4.98 Å². The molecule has 2 aromatic heterocycles. The third kappa shape index (κ3) is 2.23. The van der Waals surface area contributed by atoms with Gasteiger partial charge in [0.15, 0.2) is 5.65 Å². The molecule has 1 unspecified atom stereocenters. The van der Waals surface area contributed by atoms with Crippen LogP contribution in [0.1, 0.15) is 19.0 Å². The monoisotopic (exact) mass is 284 g/mol. The number of aryl methyl sites for hydroxylation is 2. The van der Waals surface area contributed by atoms with Crippen LogP contribution in [0.15, 0.2) is 24.3 Å². The summed E-state index contributed by atoms with van der Waals surface area (Å²) in [5.74, 6) is 0. The van der Waals surface area contributed by atoms with E-state index in [9.17, 15) is 5.11 Å². The van der Waals surface area contributed by atoms with Crippen LogP contribution in [-0.4, -0.2) is 32.5 Å². The first-order valence-corrected chi connectivity index (χ1v) is 7.25. The topological polar surface area (TPSA) is 63.0 Å². The molecule has 3 aromatic rings. The summed E-state index contributed by atoms with van der Waals surface area (Å²) >= 11 is 0. The Labute approximate surface area is 123 Å². The molecule has 0 spiro atoms. The van der Waals surface area contributed by atoms with Gasteiger partial charge >= 0.3 is 0 Å². The van der Waals surface area contributed by atoms with Crippen LogP contribution in [0.25, 0.3) is 21.9 Å². The van der Waals surface area contributed by atoms with Crippen LogP contribution in [-0.2, 0) is 7.05 Å². The number of fused-ring (bicyclic) bond motifs is 2. The molecule has 2 N–H and O–H groups in total. The van der Waals surface area contributed by atoms with Crippen molar-refractivity contribution in [2.75, 3.05) is 11.9 Å². The van der Waals surface area contributed by atoms with E-state index in [1.165, 1.54) is 0 Å². The fourth-order valence-corrected chi connectivity index (χ4v) is 2.73. The number of aliphatic hydroxyl groups is 1. The maximum absolute atomic E-state index is 9.51. The summed E-state index contributed by atoms with van der Waals surface area (Å²) in [6.45, 7) is 4.16. The lowest BCUT2D eigenvalue weighted by atomic mass is 10.1. The highest BCUT2D eigenvalue weighted by Crippen LogP contribution is 2.33. The van der Waals surface area contributed by atoms with E-state index in [2.05, 4.69) is 23.4 Å². The molecule has 0 aliphatic heterocycles. The SMILES string of the molecule is CCC(CO)Nc1c2ccccc2nc2c1c(C)nn2C. The first-order chi connectivity index (χ1) is 10.2. The molecule has 0 aliphatic carbocycles. The van der Waals surface area contributed by atoms with Gasteiger partial charge in [-0.05, 0) is 19.4 Å². The number of aromatic nitrogens is 3. The third-order valence-corrected chi connectivity index (χ3v) is 3.90. The van der Waals surface area contributed by atoms with E-state index >= 15 is 0 Å². The van der Waals surface area contributed by atoms with Gasteiger partial charge in [-0.2, -0.15) is 5.10 Å². The van der Waals surface area contributed by atoms with Crippen LogP contribution in [0.5, 0.6) is 0 Å². The molecule has 0 bridgehead atoms. The highest BCUT2D eigenvalue weighted by Gasteiger charge is 2.17. The average molecular weight is 284 g/mol. The van der Waals surface area contributed by atoms with E-state index in [0.717, 1.165) is 39.7 Å². The van der Waals surface area contributed by atoms with Gasteiger partial charge in [-0.3, -0.25) is 4.68 Å². The van der Waals surface area contributed by atoms with Crippen LogP contribution >= 0.6 is 0 Å². The number of rotatable bonds is 4. The number of nitrogens with zero attached hydrogens (tertiary/aromatic N) is 3. The van der Waals surface area contributed by atoms with Crippen molar-refractivity contribution in [3.8, 4) is 0 Å². The van der Waals surface area contributed by atoms with Gasteiger partial charge in [0.05, 0.1) is 28.9 Å². The molecule has 0 fully saturated rings. The fourth-order valence-electron chi connectivity index (χ4n) is 2.73. The normalized spacial score (nSPS) is 13.0. The Kier molecular flexibility index (Phi) is 3.51. The van der Waals surface area contributed by atoms with E-state index < -0.39 is 0 Å². The van der Waals surface area contributed by atoms with Gasteiger partial charge in [-0.15, -0.1) is 0 Å². The molecule has 0 saturated carbocycles. The van der Waals surface area contributed by atoms with Crippen LogP contribution in [0.4, 0.5) is 5.69 Å². The Hall–Kier alpha value is -2.14. The van der Waals surface area contributed by atoms with Crippen molar-refractivity contribution >= 4 is 27.6 Å². The molecule has 3 rings (SSSR count). The molecule has 5 nitrogen and oxygen atoms in total. The van der Waals surface area contributed by atoms with Crippen molar-refractivity contribution in [3.05, 3.63) is 30.0 Å². The molecule has 1 atom stereocenters. The van der Waals surface area contributed by atoms with Crippen LogP contribution < -0.4 is 5.32 Å². The molecule has 0 radical (unpaired) electrons. The van der Waals surface area contributed by atoms with E-state index in [0.29, 0.717) is 0 Å². The summed E-state index contributed by atoms with van der Waals surface area (Å²) < 4.78 is 1.81. The van der Waals surface area contributed by atoms with Gasteiger partial charge in [0.25, 0.3) is 0 Å². The third-order valence-electron chi connectivity index (χ3n) is 3.90. The highest BCUT2D eigenvalue weighted by atomic mass is 16.3. The number of aliphatic hydroxyl groups excluding tert-OH is 1. The summed E-state index contributed by atoms with van der Waals surface area (Å²) in [7, 11) is 1.91. The highest BCUT2D eigenvalue weighted by molar-refractivity contribution is 6.07. The number of hydrogen-bond acceptors (Lipinski definition) is 4. The van der Waals surface area contributed by atoms with Gasteiger partial charge in [0, 0.05) is 18.5 Å². The quantitative estimate of drug-likeness (QED) is 0.773. The van der Waals surface area contributed by atoms with E-state index in [4.69, 9.17) is 4.98 Å². The Bertz CT molecular complexity index is 790. The molecule has 110 valence electrons. The van der Waals surface area contributed by atoms with Crippen molar-refractivity contribution in [3.63, 3.8) is 0 Å². The Morgan fingerprint density at radius 1 is 1.33 bits per heavy atom. The maximum atomic E-state index is 9.51. The summed E-state index contributed by atoms with van der Waals surface area (Å²) in [5, 5.41) is 19.6.